The van der Waals surface area contributed by atoms with Gasteiger partial charge < -0.3 is 140 Å². The summed E-state index contributed by atoms with van der Waals surface area (Å²) in [7, 11) is 1.98. The highest BCUT2D eigenvalue weighted by Gasteiger charge is 2.68. The number of ether oxygens (including phenoxy) is 24. The minimum absolute atomic E-state index is 0.399. The van der Waals surface area contributed by atoms with Crippen LogP contribution in [-0.2, 0) is 210 Å². The summed E-state index contributed by atoms with van der Waals surface area (Å²) in [6, 6.07) is -11.4. The molecule has 136 heavy (non-hydrogen) atoms. The second-order valence-electron chi connectivity index (χ2n) is 29.3. The third-order valence-corrected chi connectivity index (χ3v) is 18.9. The first-order valence-electron chi connectivity index (χ1n) is 39.1. The van der Waals surface area contributed by atoms with E-state index in [1.165, 1.54) is 21.3 Å². The van der Waals surface area contributed by atoms with Crippen molar-refractivity contribution in [2.24, 2.45) is 0 Å². The molecule has 0 saturated carbocycles. The Balaban J connectivity index is 2.22. The molecule has 4 aliphatic rings. The lowest BCUT2D eigenvalue weighted by atomic mass is 9.87. The third-order valence-electron chi connectivity index (χ3n) is 18.9. The Hall–Kier alpha value is -12.1. The Bertz CT molecular complexity index is 4400. The zero-order valence-corrected chi connectivity index (χ0v) is 74.1. The molecule has 0 aliphatic carbocycles. The molecule has 768 valence electrons. The van der Waals surface area contributed by atoms with Gasteiger partial charge in [-0.15, -0.1) is 6.58 Å². The van der Waals surface area contributed by atoms with E-state index in [0.717, 1.165) is 13.0 Å². The van der Waals surface area contributed by atoms with E-state index in [-0.39, 0.29) is 0 Å². The van der Waals surface area contributed by atoms with Crippen molar-refractivity contribution < 1.29 is 267 Å². The number of alkyl halides is 12. The number of nitrogens with one attached hydrogen (secondary N) is 4. The van der Waals surface area contributed by atoms with Crippen LogP contribution in [0.15, 0.2) is 12.7 Å². The number of hydrogen-bond acceptors (Lipinski definition) is 45. The summed E-state index contributed by atoms with van der Waals surface area (Å²) < 4.78 is 306. The topological polar surface area (TPSA) is 631 Å². The van der Waals surface area contributed by atoms with Gasteiger partial charge in [-0.2, -0.15) is 52.7 Å². The molecule has 0 radical (unpaired) electrons. The van der Waals surface area contributed by atoms with Crippen molar-refractivity contribution in [1.82, 2.24) is 21.3 Å². The Morgan fingerprint density at radius 2 is 0.537 bits per heavy atom. The predicted molar refractivity (Wildman–Crippen MR) is 397 cm³/mol. The number of carbonyl (C=O) groups is 20. The van der Waals surface area contributed by atoms with E-state index in [2.05, 4.69) is 6.58 Å². The normalized spacial score (nSPS) is 26.8. The summed E-state index contributed by atoms with van der Waals surface area (Å²) in [5, 5.41) is 18.2. The maximum absolute atomic E-state index is 15.0. The number of amides is 4. The molecular formula is C75H94F12N4O45. The lowest BCUT2D eigenvalue weighted by molar-refractivity contribution is -0.335. The van der Waals surface area contributed by atoms with Gasteiger partial charge in [-0.05, 0) is 0 Å². The molecule has 49 nitrogen and oxygen atoms in total. The molecule has 0 aromatic heterocycles. The fourth-order valence-corrected chi connectivity index (χ4v) is 14.1. The average molecular weight is 2000 g/mol. The highest BCUT2D eigenvalue weighted by atomic mass is 19.4. The van der Waals surface area contributed by atoms with Crippen LogP contribution in [0.2, 0.25) is 0 Å². The number of halogens is 12. The molecule has 0 aromatic carbocycles. The van der Waals surface area contributed by atoms with Crippen LogP contribution >= 0.6 is 0 Å². The van der Waals surface area contributed by atoms with Crippen molar-refractivity contribution in [3.8, 4) is 0 Å². The highest BCUT2D eigenvalue weighted by molar-refractivity contribution is 5.86. The molecule has 4 amide bonds. The number of esters is 16. The molecule has 0 unspecified atom stereocenters. The Labute approximate surface area is 758 Å². The molecule has 5 N–H and O–H groups in total. The molecule has 0 aromatic rings. The molecule has 0 spiro atoms. The van der Waals surface area contributed by atoms with Gasteiger partial charge >= 0.3 is 144 Å². The molecule has 61 heteroatoms. The van der Waals surface area contributed by atoms with Crippen molar-refractivity contribution in [2.45, 2.75) is 278 Å². The number of aliphatic hydroxyl groups excluding tert-OH is 1. The van der Waals surface area contributed by atoms with Crippen LogP contribution in [0.3, 0.4) is 0 Å². The first kappa shape index (κ1) is 116. The second-order valence-corrected chi connectivity index (χ2v) is 29.3. The van der Waals surface area contributed by atoms with Gasteiger partial charge in [0, 0.05) is 83.1 Å². The number of rotatable bonds is 41. The van der Waals surface area contributed by atoms with Crippen molar-refractivity contribution in [3.05, 3.63) is 12.7 Å². The van der Waals surface area contributed by atoms with Crippen LogP contribution < -0.4 is 21.3 Å². The van der Waals surface area contributed by atoms with E-state index in [0.29, 0.717) is 105 Å². The molecule has 0 bridgehead atoms. The molecule has 4 fully saturated rings. The van der Waals surface area contributed by atoms with Gasteiger partial charge in [0.1, 0.15) is 61.5 Å². The van der Waals surface area contributed by atoms with E-state index in [1.54, 1.807) is 0 Å². The fourth-order valence-electron chi connectivity index (χ4n) is 14.1. The van der Waals surface area contributed by atoms with Gasteiger partial charge in [0.05, 0.1) is 105 Å². The summed E-state index contributed by atoms with van der Waals surface area (Å²) in [6.07, 6.45) is -76.0. The van der Waals surface area contributed by atoms with Crippen molar-refractivity contribution in [3.63, 3.8) is 0 Å². The smallest absolute Gasteiger partial charge is 0.465 e. The van der Waals surface area contributed by atoms with Gasteiger partial charge in [0.15, 0.2) is 42.7 Å². The summed E-state index contributed by atoms with van der Waals surface area (Å²) in [5.41, 5.74) is 0. The maximum Gasteiger partial charge on any atom is 0.471 e. The molecule has 24 atom stereocenters. The third kappa shape index (κ3) is 32.0. The summed E-state index contributed by atoms with van der Waals surface area (Å²) >= 11 is 0. The largest absolute Gasteiger partial charge is 0.471 e. The molecule has 4 aliphatic heterocycles. The number of methoxy groups -OCH3 is 4. The van der Waals surface area contributed by atoms with Crippen LogP contribution in [-0.4, -0.2) is 355 Å². The van der Waals surface area contributed by atoms with E-state index in [9.17, 15) is 154 Å². The van der Waals surface area contributed by atoms with Gasteiger partial charge in [-0.1, -0.05) is 6.08 Å². The second kappa shape index (κ2) is 48.6. The first-order chi connectivity index (χ1) is 62.7. The maximum atomic E-state index is 15.0. The zero-order valence-electron chi connectivity index (χ0n) is 74.1. The van der Waals surface area contributed by atoms with Crippen LogP contribution in [0.4, 0.5) is 52.7 Å². The van der Waals surface area contributed by atoms with Crippen LogP contribution in [0.1, 0.15) is 109 Å². The zero-order chi connectivity index (χ0) is 104. The molecular weight excluding hydrogens is 1900 g/mol. The van der Waals surface area contributed by atoms with E-state index >= 15 is 0 Å². The SMILES string of the molecule is C=CCO[C@]1(C(=O)OC)C[C@H](OC(C)=O)[C@@H](NC(=O)C(F)(F)F)[C@H]([C@H](OC(C)=O)[C@@H](CO[C@]2(C(=O)OC)C[C@H](OC(C)=O)[C@@H](NC(=O)C(F)(F)F)[C@H]([C@H](OC(C)=O)[C@H](O)CO[C@]3(C(=O)OC)C[C@H](OC(C)=O)[C@@H](NC(=O)C(F)(F)F)[C@H]([C@H](OC(C)=O)[C@@H](CO[C@]4(C(=O)OC)C[C@H](OC(C)=O)[C@@H](NC(=O)C(F)(F)F)[C@H]([C@H](OC(C)=O)[C@@H](COC(C)=O)OC(C)=O)O4)OC(C)=O)O3)O2)OC(C)=O)O1. The van der Waals surface area contributed by atoms with E-state index < -0.39 is 348 Å². The minimum Gasteiger partial charge on any atom is -0.465 e. The first-order valence-corrected chi connectivity index (χ1v) is 39.1. The van der Waals surface area contributed by atoms with Gasteiger partial charge in [0.2, 0.25) is 0 Å². The van der Waals surface area contributed by atoms with Crippen molar-refractivity contribution in [2.75, 3.05) is 61.5 Å². The Kier molecular flexibility index (Phi) is 41.5. The fraction of sp³-hybridized carbons (Fsp3) is 0.707. The number of carbonyl (C=O) groups excluding carboxylic acids is 20. The molecule has 4 heterocycles. The predicted octanol–water partition coefficient (Wildman–Crippen LogP) is -1.77. The van der Waals surface area contributed by atoms with Crippen molar-refractivity contribution >= 4 is 119 Å². The van der Waals surface area contributed by atoms with Crippen LogP contribution in [0.25, 0.3) is 0 Å². The van der Waals surface area contributed by atoms with Crippen LogP contribution in [0.5, 0.6) is 0 Å². The Morgan fingerprint density at radius 3 is 0.743 bits per heavy atom. The summed E-state index contributed by atoms with van der Waals surface area (Å²) in [6.45, 7) is 1.73. The van der Waals surface area contributed by atoms with Gasteiger partial charge in [-0.25, -0.2) is 19.2 Å². The standard InChI is InChI=1S/C75H94F12N4O45/c1-18-19-118-68(64(109)113-14)20-41(122-29(3)93)49(89-61(106)73(79,80)81)58(134-68)54(131-38(12)102)46(127-34(8)98)26-120-70(66(111)115-16)22-42(123-30(4)94)48(88-60(105)72(76,77)78)56(133-70)52(129-36(10)100)40(104)24-119-69(65(110)114-15)21-43(124-31(5)95)51(91-63(108)75(85,86)87)59(135-69)55(132-39(13)103)47(128-35(9)99)27-121-71(67(112)116-17)23-44(125-32(6)96)50(90-62(107)74(82,83)84)57(136-71)53(130-37(11)101)45(126-33(7)97)25-117-28(2)92/h18,40-59,104H,1,19-27H2,2-17H3,(H,88,105)(H,89,106)(H,90,107)(H,91,108)/t40-,41+,42+,43+,44+,45-,46-,47-,48-,49-,50-,51-,52-,53-,54-,55-,56-,57-,58-,59-,68-,69-,70-,71-/m1/s1. The summed E-state index contributed by atoms with van der Waals surface area (Å²) in [4.78, 5) is 270. The lowest BCUT2D eigenvalue weighted by Gasteiger charge is -2.50. The van der Waals surface area contributed by atoms with Crippen LogP contribution in [0, 0.1) is 0 Å². The number of hydrogen-bond donors (Lipinski definition) is 5. The molecule has 4 saturated heterocycles. The Morgan fingerprint density at radius 1 is 0.324 bits per heavy atom. The van der Waals surface area contributed by atoms with Gasteiger partial charge in [-0.3, -0.25) is 76.7 Å². The monoisotopic (exact) mass is 2000 g/mol. The van der Waals surface area contributed by atoms with Crippen molar-refractivity contribution in [1.29, 1.82) is 0 Å². The minimum atomic E-state index is -6.15. The summed E-state index contributed by atoms with van der Waals surface area (Å²) in [5.74, 6) is -53.8. The van der Waals surface area contributed by atoms with Gasteiger partial charge in [0.25, 0.3) is 23.1 Å². The molecule has 4 rings (SSSR count). The number of aliphatic hydroxyl groups is 1. The van der Waals surface area contributed by atoms with E-state index in [4.69, 9.17) is 114 Å². The van der Waals surface area contributed by atoms with E-state index in [1.807, 2.05) is 0 Å². The lowest BCUT2D eigenvalue weighted by Crippen LogP contribution is -2.71. The average Bonchev–Trinajstić information content (AvgIpc) is 0.755. The highest BCUT2D eigenvalue weighted by Crippen LogP contribution is 2.45. The quantitative estimate of drug-likeness (QED) is 0.0196.